The van der Waals surface area contributed by atoms with Gasteiger partial charge in [-0.2, -0.15) is 4.31 Å². The summed E-state index contributed by atoms with van der Waals surface area (Å²) < 4.78 is 71.0. The molecule has 0 bridgehead atoms. The van der Waals surface area contributed by atoms with Crippen molar-refractivity contribution in [1.82, 2.24) is 4.31 Å². The van der Waals surface area contributed by atoms with Crippen molar-refractivity contribution in [3.05, 3.63) is 29.6 Å². The fourth-order valence-corrected chi connectivity index (χ4v) is 4.39. The predicted molar refractivity (Wildman–Crippen MR) is 68.6 cm³/mol. The number of sulfonamides is 1. The second-order valence-corrected chi connectivity index (χ2v) is 6.67. The van der Waals surface area contributed by atoms with Crippen molar-refractivity contribution in [2.75, 3.05) is 25.1 Å². The Hall–Kier alpha value is -0.640. The van der Waals surface area contributed by atoms with Crippen LogP contribution in [0, 0.1) is 17.5 Å². The molecule has 1 aliphatic rings. The Morgan fingerprint density at radius 1 is 1.30 bits per heavy atom. The number of morpholine rings is 1. The second kappa shape index (κ2) is 6.00. The zero-order valence-electron chi connectivity index (χ0n) is 10.2. The first-order valence-electron chi connectivity index (χ1n) is 5.68. The van der Waals surface area contributed by atoms with E-state index in [1.807, 2.05) is 0 Å². The summed E-state index contributed by atoms with van der Waals surface area (Å²) in [7, 11) is -4.39. The summed E-state index contributed by atoms with van der Waals surface area (Å²) in [5.74, 6) is -4.05. The van der Waals surface area contributed by atoms with Gasteiger partial charge in [-0.05, 0) is 0 Å². The van der Waals surface area contributed by atoms with E-state index in [1.165, 1.54) is 0 Å². The van der Waals surface area contributed by atoms with Gasteiger partial charge in [0.25, 0.3) is 0 Å². The molecule has 20 heavy (non-hydrogen) atoms. The van der Waals surface area contributed by atoms with E-state index < -0.39 is 38.4 Å². The van der Waals surface area contributed by atoms with Crippen LogP contribution in [0.2, 0.25) is 0 Å². The average Bonchev–Trinajstić information content (AvgIpc) is 2.37. The van der Waals surface area contributed by atoms with Gasteiger partial charge >= 0.3 is 0 Å². The number of ether oxygens (including phenoxy) is 1. The van der Waals surface area contributed by atoms with E-state index in [0.717, 1.165) is 4.31 Å². The van der Waals surface area contributed by atoms with Crippen molar-refractivity contribution in [2.24, 2.45) is 0 Å². The molecule has 9 heteroatoms. The Balaban J connectivity index is 2.49. The smallest absolute Gasteiger partial charge is 0.249 e. The van der Waals surface area contributed by atoms with Crippen molar-refractivity contribution in [3.63, 3.8) is 0 Å². The van der Waals surface area contributed by atoms with Crippen LogP contribution in [0.3, 0.4) is 0 Å². The first-order valence-corrected chi connectivity index (χ1v) is 8.24. The lowest BCUT2D eigenvalue weighted by atomic mass is 10.3. The fraction of sp³-hybridized carbons (Fsp3) is 0.455. The normalized spacial score (nSPS) is 21.1. The maximum absolute atomic E-state index is 13.7. The van der Waals surface area contributed by atoms with Gasteiger partial charge < -0.3 is 4.74 Å². The van der Waals surface area contributed by atoms with Crippen LogP contribution in [0.15, 0.2) is 17.0 Å². The van der Waals surface area contributed by atoms with Crippen molar-refractivity contribution in [2.45, 2.75) is 10.9 Å². The largest absolute Gasteiger partial charge is 0.378 e. The quantitative estimate of drug-likeness (QED) is 0.760. The highest BCUT2D eigenvalue weighted by Gasteiger charge is 2.37. The highest BCUT2D eigenvalue weighted by molar-refractivity contribution is 9.09. The van der Waals surface area contributed by atoms with Crippen LogP contribution in [-0.4, -0.2) is 43.9 Å². The highest BCUT2D eigenvalue weighted by Crippen LogP contribution is 2.26. The molecule has 0 saturated carbocycles. The van der Waals surface area contributed by atoms with Gasteiger partial charge in [0.2, 0.25) is 10.0 Å². The Bertz CT molecular complexity index is 588. The third kappa shape index (κ3) is 2.85. The van der Waals surface area contributed by atoms with E-state index in [-0.39, 0.29) is 25.1 Å². The third-order valence-electron chi connectivity index (χ3n) is 2.88. The van der Waals surface area contributed by atoms with Gasteiger partial charge in [-0.25, -0.2) is 21.6 Å². The lowest BCUT2D eigenvalue weighted by Gasteiger charge is -2.33. The maximum Gasteiger partial charge on any atom is 0.249 e. The number of hydrogen-bond acceptors (Lipinski definition) is 3. The average molecular weight is 374 g/mol. The molecule has 1 aromatic rings. The van der Waals surface area contributed by atoms with Gasteiger partial charge in [0.15, 0.2) is 4.90 Å². The third-order valence-corrected chi connectivity index (χ3v) is 5.63. The summed E-state index contributed by atoms with van der Waals surface area (Å²) in [5.41, 5.74) is 0. The van der Waals surface area contributed by atoms with E-state index in [4.69, 9.17) is 4.74 Å². The molecule has 1 heterocycles. The lowest BCUT2D eigenvalue weighted by molar-refractivity contribution is 0.0411. The van der Waals surface area contributed by atoms with Crippen LogP contribution >= 0.6 is 15.9 Å². The molecule has 1 fully saturated rings. The van der Waals surface area contributed by atoms with Crippen LogP contribution in [0.4, 0.5) is 13.2 Å². The van der Waals surface area contributed by atoms with E-state index in [0.29, 0.717) is 12.1 Å². The van der Waals surface area contributed by atoms with Gasteiger partial charge in [-0.15, -0.1) is 0 Å². The summed E-state index contributed by atoms with van der Waals surface area (Å²) in [4.78, 5) is -1.13. The van der Waals surface area contributed by atoms with Crippen LogP contribution < -0.4 is 0 Å². The zero-order chi connectivity index (χ0) is 14.9. The number of nitrogens with zero attached hydrogens (tertiary/aromatic N) is 1. The van der Waals surface area contributed by atoms with Crippen molar-refractivity contribution >= 4 is 26.0 Å². The molecule has 0 aliphatic carbocycles. The Morgan fingerprint density at radius 3 is 2.45 bits per heavy atom. The van der Waals surface area contributed by atoms with E-state index in [1.54, 1.807) is 0 Å². The highest BCUT2D eigenvalue weighted by atomic mass is 79.9. The van der Waals surface area contributed by atoms with Crippen molar-refractivity contribution in [3.8, 4) is 0 Å². The summed E-state index contributed by atoms with van der Waals surface area (Å²) in [6.07, 6.45) is 0. The molecule has 1 aliphatic heterocycles. The van der Waals surface area contributed by atoms with E-state index in [2.05, 4.69) is 15.9 Å². The molecule has 1 saturated heterocycles. The van der Waals surface area contributed by atoms with Crippen molar-refractivity contribution < 1.29 is 26.3 Å². The number of benzene rings is 1. The Labute approximate surface area is 122 Å². The van der Waals surface area contributed by atoms with Gasteiger partial charge in [-0.3, -0.25) is 0 Å². The first-order chi connectivity index (χ1) is 9.37. The molecule has 0 radical (unpaired) electrons. The van der Waals surface area contributed by atoms with Crippen LogP contribution in [0.5, 0.6) is 0 Å². The SMILES string of the molecule is O=S(=O)(c1c(F)cc(F)cc1F)N1CCOCC1CBr. The van der Waals surface area contributed by atoms with Gasteiger partial charge in [0.05, 0.1) is 19.3 Å². The second-order valence-electron chi connectivity index (χ2n) is 4.20. The van der Waals surface area contributed by atoms with E-state index >= 15 is 0 Å². The molecule has 4 nitrogen and oxygen atoms in total. The molecule has 1 aromatic carbocycles. The minimum Gasteiger partial charge on any atom is -0.378 e. The Morgan fingerprint density at radius 2 is 1.90 bits per heavy atom. The number of alkyl halides is 1. The van der Waals surface area contributed by atoms with Crippen molar-refractivity contribution in [1.29, 1.82) is 0 Å². The molecular weight excluding hydrogens is 363 g/mol. The van der Waals surface area contributed by atoms with E-state index in [9.17, 15) is 21.6 Å². The van der Waals surface area contributed by atoms with Crippen LogP contribution in [-0.2, 0) is 14.8 Å². The fourth-order valence-electron chi connectivity index (χ4n) is 1.97. The molecule has 0 N–H and O–H groups in total. The standard InChI is InChI=1S/C11H11BrF3NO3S/c12-5-8-6-19-2-1-16(8)20(17,18)11-9(14)3-7(13)4-10(11)15/h3-4,8H,1-2,5-6H2. The summed E-state index contributed by atoms with van der Waals surface area (Å²) in [6.45, 7) is 0.233. The molecule has 0 spiro atoms. The van der Waals surface area contributed by atoms with Gasteiger partial charge in [0.1, 0.15) is 17.5 Å². The van der Waals surface area contributed by atoms with Gasteiger partial charge in [-0.1, -0.05) is 15.9 Å². The van der Waals surface area contributed by atoms with Gasteiger partial charge in [0, 0.05) is 24.0 Å². The summed E-state index contributed by atoms with van der Waals surface area (Å²) in [6, 6.07) is 0.122. The number of hydrogen-bond donors (Lipinski definition) is 0. The molecule has 0 aromatic heterocycles. The minimum atomic E-state index is -4.39. The number of halogens is 4. The molecule has 1 atom stereocenters. The first kappa shape index (κ1) is 15.7. The Kier molecular flexibility index (Phi) is 4.73. The molecule has 112 valence electrons. The lowest BCUT2D eigenvalue weighted by Crippen LogP contribution is -2.49. The maximum atomic E-state index is 13.7. The molecule has 2 rings (SSSR count). The topological polar surface area (TPSA) is 46.6 Å². The van der Waals surface area contributed by atoms with Crippen LogP contribution in [0.25, 0.3) is 0 Å². The monoisotopic (exact) mass is 373 g/mol. The summed E-state index contributed by atoms with van der Waals surface area (Å²) >= 11 is 3.13. The summed E-state index contributed by atoms with van der Waals surface area (Å²) in [5, 5.41) is 0.261. The number of rotatable bonds is 3. The molecule has 0 amide bonds. The minimum absolute atomic E-state index is 0.0190. The molecular formula is C11H11BrF3NO3S. The molecule has 1 unspecified atom stereocenters. The zero-order valence-corrected chi connectivity index (χ0v) is 12.6. The predicted octanol–water partition coefficient (Wildman–Crippen LogP) is 1.89. The van der Waals surface area contributed by atoms with Crippen LogP contribution in [0.1, 0.15) is 0 Å².